The number of hydrogen-bond acceptors (Lipinski definition) is 5. The second-order valence-electron chi connectivity index (χ2n) is 13.1. The highest BCUT2D eigenvalue weighted by Gasteiger charge is 2.48. The fourth-order valence-corrected chi connectivity index (χ4v) is 6.64. The third-order valence-corrected chi connectivity index (χ3v) is 8.95. The first kappa shape index (κ1) is 38.1. The van der Waals surface area contributed by atoms with Gasteiger partial charge in [0, 0.05) is 43.7 Å². The molecule has 1 unspecified atom stereocenters. The molecule has 0 aromatic heterocycles. The first-order chi connectivity index (χ1) is 22.4. The van der Waals surface area contributed by atoms with Crippen molar-refractivity contribution in [3.63, 3.8) is 0 Å². The van der Waals surface area contributed by atoms with Crippen LogP contribution in [-0.2, 0) is 29.0 Å². The Morgan fingerprint density at radius 3 is 2.23 bits per heavy atom. The molecule has 2 amide bonds. The average Bonchev–Trinajstić information content (AvgIpc) is 3.02. The zero-order valence-corrected chi connectivity index (χ0v) is 28.8. The van der Waals surface area contributed by atoms with Crippen molar-refractivity contribution in [2.75, 3.05) is 40.3 Å². The van der Waals surface area contributed by atoms with Gasteiger partial charge in [-0.2, -0.15) is 0 Å². The van der Waals surface area contributed by atoms with Crippen molar-refractivity contribution < 1.29 is 23.5 Å². The second kappa shape index (κ2) is 18.2. The van der Waals surface area contributed by atoms with Crippen LogP contribution >= 0.6 is 0 Å². The van der Waals surface area contributed by atoms with E-state index in [1.165, 1.54) is 17.7 Å². The van der Waals surface area contributed by atoms with Crippen LogP contribution in [0.15, 0.2) is 65.8 Å². The number of primary amides is 1. The number of halogens is 2. The van der Waals surface area contributed by atoms with Gasteiger partial charge in [0.25, 0.3) is 0 Å². The number of amides is 2. The van der Waals surface area contributed by atoms with Gasteiger partial charge in [0.15, 0.2) is 0 Å². The van der Waals surface area contributed by atoms with Gasteiger partial charge < -0.3 is 26.0 Å². The molecule has 3 rings (SSSR count). The molecule has 2 aromatic carbocycles. The summed E-state index contributed by atoms with van der Waals surface area (Å²) in [6.07, 6.45) is 6.35. The van der Waals surface area contributed by atoms with Gasteiger partial charge in [0.1, 0.15) is 11.6 Å². The maximum absolute atomic E-state index is 14.4. The SMILES string of the molecule is CCCN(CCC)C(=O)C1=CC(CCCN(C)C)=CC(C(N)=O)([C@H](Cc2cc(F)cc(F)c2)[C@@H](O)CNCc2cccc(CC)c2)C1. The predicted octanol–water partition coefficient (Wildman–Crippen LogP) is 5.56. The maximum atomic E-state index is 14.4. The molecular formula is C38H54F2N4O3. The van der Waals surface area contributed by atoms with Crippen LogP contribution in [0.3, 0.4) is 0 Å². The molecule has 1 aliphatic rings. The Kier molecular flexibility index (Phi) is 14.8. The molecule has 3 atom stereocenters. The molecule has 0 saturated heterocycles. The fourth-order valence-electron chi connectivity index (χ4n) is 6.64. The van der Waals surface area contributed by atoms with Crippen molar-refractivity contribution >= 4 is 11.8 Å². The van der Waals surface area contributed by atoms with E-state index in [1.807, 2.05) is 52.2 Å². The lowest BCUT2D eigenvalue weighted by molar-refractivity contribution is -0.132. The van der Waals surface area contributed by atoms with Gasteiger partial charge in [-0.1, -0.05) is 62.8 Å². The lowest BCUT2D eigenvalue weighted by Gasteiger charge is -2.42. The number of nitrogens with two attached hydrogens (primary N) is 1. The molecule has 0 heterocycles. The standard InChI is InChI=1S/C38H54F2N4O3/c1-6-14-44(15-7-2)36(46)31-18-28(13-10-16-43(4)5)23-38(24-31,37(41)47)34(21-30-19-32(39)22-33(40)20-30)35(45)26-42-25-29-12-9-11-27(8-3)17-29/h9,11-12,17-20,22-23,34-35,42,45H,6-8,10,13-16,21,24-26H2,1-5H3,(H2,41,47)/t34-,35+,38?/m1/s1. The van der Waals surface area contributed by atoms with E-state index in [-0.39, 0.29) is 25.3 Å². The quantitative estimate of drug-likeness (QED) is 0.185. The highest BCUT2D eigenvalue weighted by atomic mass is 19.1. The third kappa shape index (κ3) is 10.8. The molecule has 0 saturated carbocycles. The van der Waals surface area contributed by atoms with Crippen LogP contribution in [-0.4, -0.2) is 73.1 Å². The number of carbonyl (C=O) groups excluding carboxylic acids is 2. The number of allylic oxidation sites excluding steroid dienone is 2. The molecule has 47 heavy (non-hydrogen) atoms. The third-order valence-electron chi connectivity index (χ3n) is 8.95. The molecule has 2 aromatic rings. The Morgan fingerprint density at radius 1 is 0.979 bits per heavy atom. The van der Waals surface area contributed by atoms with Gasteiger partial charge in [-0.25, -0.2) is 8.78 Å². The van der Waals surface area contributed by atoms with Crippen LogP contribution in [0.2, 0.25) is 0 Å². The van der Waals surface area contributed by atoms with E-state index in [2.05, 4.69) is 29.3 Å². The summed E-state index contributed by atoms with van der Waals surface area (Å²) in [5.74, 6) is -3.22. The second-order valence-corrected chi connectivity index (χ2v) is 13.1. The summed E-state index contributed by atoms with van der Waals surface area (Å²) in [7, 11) is 3.97. The first-order valence-corrected chi connectivity index (χ1v) is 17.0. The van der Waals surface area contributed by atoms with Crippen molar-refractivity contribution in [1.82, 2.24) is 15.1 Å². The van der Waals surface area contributed by atoms with Crippen molar-refractivity contribution in [2.45, 2.75) is 78.4 Å². The zero-order chi connectivity index (χ0) is 34.6. The topological polar surface area (TPSA) is 98.9 Å². The summed E-state index contributed by atoms with van der Waals surface area (Å²) in [5, 5.41) is 15.2. The summed E-state index contributed by atoms with van der Waals surface area (Å²) < 4.78 is 28.8. The van der Waals surface area contributed by atoms with Crippen LogP contribution in [0.25, 0.3) is 0 Å². The van der Waals surface area contributed by atoms with E-state index in [1.54, 1.807) is 4.90 Å². The highest BCUT2D eigenvalue weighted by molar-refractivity contribution is 5.97. The monoisotopic (exact) mass is 652 g/mol. The van der Waals surface area contributed by atoms with Crippen LogP contribution in [0.1, 0.15) is 69.6 Å². The predicted molar refractivity (Wildman–Crippen MR) is 184 cm³/mol. The van der Waals surface area contributed by atoms with Gasteiger partial charge in [-0.3, -0.25) is 9.59 Å². The Morgan fingerprint density at radius 2 is 1.64 bits per heavy atom. The number of benzene rings is 2. The lowest BCUT2D eigenvalue weighted by Crippen LogP contribution is -2.52. The number of carbonyl (C=O) groups is 2. The number of aliphatic hydroxyl groups is 1. The summed E-state index contributed by atoms with van der Waals surface area (Å²) in [6.45, 7) is 8.65. The number of nitrogens with zero attached hydrogens (tertiary/aromatic N) is 2. The normalized spacial score (nSPS) is 17.6. The molecule has 1 aliphatic carbocycles. The molecule has 7 nitrogen and oxygen atoms in total. The number of rotatable bonds is 19. The average molecular weight is 653 g/mol. The molecular weight excluding hydrogens is 598 g/mol. The van der Waals surface area contributed by atoms with Crippen LogP contribution in [0.5, 0.6) is 0 Å². The maximum Gasteiger partial charge on any atom is 0.249 e. The Hall–Kier alpha value is -3.40. The zero-order valence-electron chi connectivity index (χ0n) is 28.8. The minimum atomic E-state index is -1.48. The van der Waals surface area contributed by atoms with E-state index in [0.717, 1.165) is 49.4 Å². The van der Waals surface area contributed by atoms with Crippen LogP contribution < -0.4 is 11.1 Å². The van der Waals surface area contributed by atoms with Gasteiger partial charge in [0.05, 0.1) is 11.5 Å². The number of aliphatic hydroxyl groups excluding tert-OH is 1. The van der Waals surface area contributed by atoms with Crippen molar-refractivity contribution in [1.29, 1.82) is 0 Å². The Labute approximate surface area is 279 Å². The molecule has 258 valence electrons. The molecule has 0 radical (unpaired) electrons. The van der Waals surface area contributed by atoms with Gasteiger partial charge >= 0.3 is 0 Å². The molecule has 0 fully saturated rings. The van der Waals surface area contributed by atoms with Crippen LogP contribution in [0.4, 0.5) is 8.78 Å². The van der Waals surface area contributed by atoms with Gasteiger partial charge in [-0.15, -0.1) is 0 Å². The van der Waals surface area contributed by atoms with Crippen LogP contribution in [0, 0.1) is 23.0 Å². The van der Waals surface area contributed by atoms with Crippen molar-refractivity contribution in [3.05, 3.63) is 94.1 Å². The summed E-state index contributed by atoms with van der Waals surface area (Å²) in [5.41, 5.74) is 8.59. The van der Waals surface area contributed by atoms with E-state index in [9.17, 15) is 23.5 Å². The minimum absolute atomic E-state index is 0.0135. The molecule has 0 aliphatic heterocycles. The van der Waals surface area contributed by atoms with Crippen molar-refractivity contribution in [3.8, 4) is 0 Å². The Balaban J connectivity index is 2.07. The van der Waals surface area contributed by atoms with E-state index in [4.69, 9.17) is 5.73 Å². The van der Waals surface area contributed by atoms with E-state index >= 15 is 0 Å². The largest absolute Gasteiger partial charge is 0.391 e. The highest BCUT2D eigenvalue weighted by Crippen LogP contribution is 2.45. The molecule has 0 spiro atoms. The summed E-state index contributed by atoms with van der Waals surface area (Å²) in [4.78, 5) is 31.7. The molecule has 9 heteroatoms. The Bertz CT molecular complexity index is 1380. The number of hydrogen-bond donors (Lipinski definition) is 3. The van der Waals surface area contributed by atoms with E-state index in [0.29, 0.717) is 37.2 Å². The fraction of sp³-hybridized carbons (Fsp3) is 0.526. The number of aryl methyl sites for hydroxylation is 1. The van der Waals surface area contributed by atoms with E-state index < -0.39 is 35.0 Å². The first-order valence-electron chi connectivity index (χ1n) is 17.0. The summed E-state index contributed by atoms with van der Waals surface area (Å²) >= 11 is 0. The molecule has 4 N–H and O–H groups in total. The summed E-state index contributed by atoms with van der Waals surface area (Å²) in [6, 6.07) is 11.4. The lowest BCUT2D eigenvalue weighted by atomic mass is 9.63. The van der Waals surface area contributed by atoms with Gasteiger partial charge in [0.2, 0.25) is 11.8 Å². The van der Waals surface area contributed by atoms with Crippen molar-refractivity contribution in [2.24, 2.45) is 17.1 Å². The smallest absolute Gasteiger partial charge is 0.249 e. The molecule has 0 bridgehead atoms. The number of nitrogens with one attached hydrogen (secondary N) is 1. The minimum Gasteiger partial charge on any atom is -0.391 e. The van der Waals surface area contributed by atoms with Gasteiger partial charge in [-0.05, 0) is 94.4 Å².